The Morgan fingerprint density at radius 1 is 1.17 bits per heavy atom. The van der Waals surface area contributed by atoms with Crippen molar-refractivity contribution in [2.45, 2.75) is 31.2 Å². The molecular formula is C17H18FN3O2. The molecule has 1 heterocycles. The van der Waals surface area contributed by atoms with Crippen LogP contribution < -0.4 is 10.1 Å². The minimum Gasteiger partial charge on any atom is -0.480 e. The number of halogens is 1. The summed E-state index contributed by atoms with van der Waals surface area (Å²) >= 11 is 0. The van der Waals surface area contributed by atoms with Crippen molar-refractivity contribution in [3.63, 3.8) is 0 Å². The number of ether oxygens (including phenoxy) is 1. The number of rotatable bonds is 4. The normalized spacial score (nSPS) is 20.3. The first-order valence-corrected chi connectivity index (χ1v) is 7.60. The number of nitrogens with one attached hydrogen (secondary N) is 1. The summed E-state index contributed by atoms with van der Waals surface area (Å²) in [6.07, 6.45) is 2.73. The smallest absolute Gasteiger partial charge is 0.272 e. The highest BCUT2D eigenvalue weighted by Gasteiger charge is 2.27. The molecule has 0 radical (unpaired) electrons. The van der Waals surface area contributed by atoms with Gasteiger partial charge >= 0.3 is 0 Å². The molecule has 2 atom stereocenters. The molecule has 1 aliphatic rings. The van der Waals surface area contributed by atoms with Crippen molar-refractivity contribution in [2.75, 3.05) is 7.11 Å². The van der Waals surface area contributed by atoms with Gasteiger partial charge in [-0.1, -0.05) is 12.1 Å². The van der Waals surface area contributed by atoms with Crippen molar-refractivity contribution >= 4 is 5.91 Å². The Labute approximate surface area is 133 Å². The van der Waals surface area contributed by atoms with E-state index in [0.29, 0.717) is 11.8 Å². The zero-order chi connectivity index (χ0) is 16.2. The Morgan fingerprint density at radius 3 is 2.61 bits per heavy atom. The van der Waals surface area contributed by atoms with Gasteiger partial charge in [-0.25, -0.2) is 4.39 Å². The Bertz CT molecular complexity index is 673. The number of benzene rings is 1. The first-order chi connectivity index (χ1) is 11.2. The lowest BCUT2D eigenvalue weighted by molar-refractivity contribution is 0.0931. The second-order valence-electron chi connectivity index (χ2n) is 5.69. The van der Waals surface area contributed by atoms with Crippen molar-refractivity contribution < 1.29 is 13.9 Å². The van der Waals surface area contributed by atoms with Gasteiger partial charge in [0.1, 0.15) is 5.82 Å². The summed E-state index contributed by atoms with van der Waals surface area (Å²) in [5.41, 5.74) is 1.39. The number of carbonyl (C=O) groups excluding carboxylic acids is 1. The molecule has 0 unspecified atom stereocenters. The standard InChI is InChI=1S/C17H18FN3O2/c1-23-16-9-8-15(20-21-16)17(22)19-14-7-4-12(10-14)11-2-5-13(18)6-3-11/h2-3,5-6,8-9,12,14H,4,7,10H2,1H3,(H,19,22)/t12-,14-/m1/s1. The lowest BCUT2D eigenvalue weighted by Crippen LogP contribution is -2.33. The summed E-state index contributed by atoms with van der Waals surface area (Å²) in [6.45, 7) is 0. The van der Waals surface area contributed by atoms with Gasteiger partial charge in [0.05, 0.1) is 7.11 Å². The lowest BCUT2D eigenvalue weighted by atomic mass is 9.97. The minimum absolute atomic E-state index is 0.0986. The van der Waals surface area contributed by atoms with Crippen LogP contribution in [0.2, 0.25) is 0 Å². The van der Waals surface area contributed by atoms with Crippen molar-refractivity contribution in [1.82, 2.24) is 15.5 Å². The van der Waals surface area contributed by atoms with Crippen LogP contribution in [0.5, 0.6) is 5.88 Å². The molecule has 0 bridgehead atoms. The SMILES string of the molecule is COc1ccc(C(=O)N[C@@H]2CC[C@@H](c3ccc(F)cc3)C2)nn1. The molecule has 3 rings (SSSR count). The van der Waals surface area contributed by atoms with E-state index in [-0.39, 0.29) is 23.5 Å². The highest BCUT2D eigenvalue weighted by molar-refractivity contribution is 5.92. The largest absolute Gasteiger partial charge is 0.480 e. The number of amides is 1. The molecule has 0 saturated heterocycles. The molecule has 1 amide bonds. The molecule has 1 fully saturated rings. The maximum Gasteiger partial charge on any atom is 0.272 e. The maximum atomic E-state index is 13.0. The molecule has 1 saturated carbocycles. The molecule has 0 spiro atoms. The van der Waals surface area contributed by atoms with Gasteiger partial charge in [0.2, 0.25) is 5.88 Å². The van der Waals surface area contributed by atoms with Gasteiger partial charge in [0.25, 0.3) is 5.91 Å². The van der Waals surface area contributed by atoms with E-state index in [0.717, 1.165) is 24.8 Å². The van der Waals surface area contributed by atoms with Gasteiger partial charge in [0, 0.05) is 12.1 Å². The first kappa shape index (κ1) is 15.4. The van der Waals surface area contributed by atoms with Crippen LogP contribution in [-0.4, -0.2) is 29.3 Å². The first-order valence-electron chi connectivity index (χ1n) is 7.60. The topological polar surface area (TPSA) is 64.1 Å². The minimum atomic E-state index is -0.232. The van der Waals surface area contributed by atoms with E-state index in [1.165, 1.54) is 19.2 Å². The van der Waals surface area contributed by atoms with Gasteiger partial charge in [-0.3, -0.25) is 4.79 Å². The second-order valence-corrected chi connectivity index (χ2v) is 5.69. The molecule has 23 heavy (non-hydrogen) atoms. The molecule has 120 valence electrons. The average molecular weight is 315 g/mol. The Morgan fingerprint density at radius 2 is 1.96 bits per heavy atom. The van der Waals surface area contributed by atoms with Crippen molar-refractivity contribution in [3.8, 4) is 5.88 Å². The molecule has 0 aliphatic heterocycles. The van der Waals surface area contributed by atoms with Crippen LogP contribution in [0.3, 0.4) is 0 Å². The third-order valence-corrected chi connectivity index (χ3v) is 4.19. The fourth-order valence-corrected chi connectivity index (χ4v) is 2.96. The van der Waals surface area contributed by atoms with Crippen LogP contribution in [0.4, 0.5) is 4.39 Å². The number of hydrogen-bond acceptors (Lipinski definition) is 4. The van der Waals surface area contributed by atoms with Gasteiger partial charge in [-0.2, -0.15) is 0 Å². The molecule has 1 N–H and O–H groups in total. The Balaban J connectivity index is 1.58. The van der Waals surface area contributed by atoms with Gasteiger partial charge < -0.3 is 10.1 Å². The lowest BCUT2D eigenvalue weighted by Gasteiger charge is -2.13. The molecule has 1 aromatic heterocycles. The summed E-state index contributed by atoms with van der Waals surface area (Å²) in [6, 6.07) is 9.90. The van der Waals surface area contributed by atoms with Crippen molar-refractivity contribution in [1.29, 1.82) is 0 Å². The Kier molecular flexibility index (Phi) is 4.50. The number of aromatic nitrogens is 2. The third kappa shape index (κ3) is 3.64. The van der Waals surface area contributed by atoms with Crippen LogP contribution in [-0.2, 0) is 0 Å². The predicted molar refractivity (Wildman–Crippen MR) is 82.8 cm³/mol. The van der Waals surface area contributed by atoms with Crippen molar-refractivity contribution in [2.24, 2.45) is 0 Å². The van der Waals surface area contributed by atoms with E-state index < -0.39 is 0 Å². The van der Waals surface area contributed by atoms with E-state index in [2.05, 4.69) is 15.5 Å². The second kappa shape index (κ2) is 6.73. The van der Waals surface area contributed by atoms with E-state index in [4.69, 9.17) is 4.74 Å². The number of hydrogen-bond donors (Lipinski definition) is 1. The van der Waals surface area contributed by atoms with Gasteiger partial charge in [-0.15, -0.1) is 10.2 Å². The zero-order valence-corrected chi connectivity index (χ0v) is 12.8. The van der Waals surface area contributed by atoms with Gasteiger partial charge in [0.15, 0.2) is 5.69 Å². The zero-order valence-electron chi connectivity index (χ0n) is 12.8. The highest BCUT2D eigenvalue weighted by atomic mass is 19.1. The summed E-state index contributed by atoms with van der Waals surface area (Å²) in [5.74, 6) is 0.265. The van der Waals surface area contributed by atoms with Crippen LogP contribution >= 0.6 is 0 Å². The van der Waals surface area contributed by atoms with Gasteiger partial charge in [-0.05, 0) is 48.9 Å². The molecule has 5 nitrogen and oxygen atoms in total. The number of carbonyl (C=O) groups is 1. The van der Waals surface area contributed by atoms with Crippen LogP contribution in [0.15, 0.2) is 36.4 Å². The van der Waals surface area contributed by atoms with E-state index in [1.807, 2.05) is 12.1 Å². The molecule has 1 aromatic carbocycles. The maximum absolute atomic E-state index is 13.0. The fourth-order valence-electron chi connectivity index (χ4n) is 2.96. The van der Waals surface area contributed by atoms with E-state index in [1.54, 1.807) is 12.1 Å². The van der Waals surface area contributed by atoms with E-state index in [9.17, 15) is 9.18 Å². The highest BCUT2D eigenvalue weighted by Crippen LogP contribution is 2.34. The number of nitrogens with zero attached hydrogens (tertiary/aromatic N) is 2. The molecule has 6 heteroatoms. The molecule has 1 aliphatic carbocycles. The third-order valence-electron chi connectivity index (χ3n) is 4.19. The van der Waals surface area contributed by atoms with Crippen molar-refractivity contribution in [3.05, 3.63) is 53.5 Å². The summed E-state index contributed by atoms with van der Waals surface area (Å²) in [4.78, 5) is 12.2. The fraction of sp³-hybridized carbons (Fsp3) is 0.353. The molecular weight excluding hydrogens is 297 g/mol. The van der Waals surface area contributed by atoms with Crippen LogP contribution in [0.1, 0.15) is 41.2 Å². The molecule has 2 aromatic rings. The monoisotopic (exact) mass is 315 g/mol. The average Bonchev–Trinajstić information content (AvgIpc) is 3.04. The van der Waals surface area contributed by atoms with E-state index >= 15 is 0 Å². The summed E-state index contributed by atoms with van der Waals surface area (Å²) in [7, 11) is 1.50. The van der Waals surface area contributed by atoms with Crippen LogP contribution in [0, 0.1) is 5.82 Å². The Hall–Kier alpha value is -2.50. The number of methoxy groups -OCH3 is 1. The predicted octanol–water partition coefficient (Wildman–Crippen LogP) is 2.69. The summed E-state index contributed by atoms with van der Waals surface area (Å²) in [5, 5.41) is 10.6. The quantitative estimate of drug-likeness (QED) is 0.942. The van der Waals surface area contributed by atoms with Crippen LogP contribution in [0.25, 0.3) is 0 Å². The summed E-state index contributed by atoms with van der Waals surface area (Å²) < 4.78 is 17.9.